The summed E-state index contributed by atoms with van der Waals surface area (Å²) in [7, 11) is 0. The maximum absolute atomic E-state index is 11.7. The van der Waals surface area contributed by atoms with Crippen molar-refractivity contribution in [2.45, 2.75) is 25.9 Å². The van der Waals surface area contributed by atoms with Gasteiger partial charge in [-0.3, -0.25) is 0 Å². The van der Waals surface area contributed by atoms with Gasteiger partial charge in [0.2, 0.25) is 0 Å². The van der Waals surface area contributed by atoms with Crippen LogP contribution < -0.4 is 9.64 Å². The third kappa shape index (κ3) is 5.13. The number of rotatable bonds is 6. The molecular formula is C15H21BrNO3+. The predicted octanol–water partition coefficient (Wildman–Crippen LogP) is 1.44. The summed E-state index contributed by atoms with van der Waals surface area (Å²) in [4.78, 5) is 13.2. The quantitative estimate of drug-likeness (QED) is 0.795. The molecule has 1 aliphatic heterocycles. The van der Waals surface area contributed by atoms with Crippen LogP contribution >= 0.6 is 15.9 Å². The van der Waals surface area contributed by atoms with E-state index in [1.54, 1.807) is 0 Å². The van der Waals surface area contributed by atoms with Gasteiger partial charge in [-0.25, -0.2) is 4.79 Å². The number of carbonyl (C=O) groups is 1. The lowest BCUT2D eigenvalue weighted by molar-refractivity contribution is -0.890. The van der Waals surface area contributed by atoms with Crippen LogP contribution in [0.3, 0.4) is 0 Å². The van der Waals surface area contributed by atoms with Gasteiger partial charge in [-0.2, -0.15) is 0 Å². The molecule has 0 aromatic heterocycles. The number of carbonyl (C=O) groups excluding carboxylic acids is 1. The Balaban J connectivity index is 1.67. The van der Waals surface area contributed by atoms with Gasteiger partial charge in [0.15, 0.2) is 6.61 Å². The molecule has 1 saturated heterocycles. The first-order chi connectivity index (χ1) is 9.63. The van der Waals surface area contributed by atoms with Crippen LogP contribution in [0.1, 0.15) is 19.8 Å². The Morgan fingerprint density at radius 3 is 2.60 bits per heavy atom. The lowest BCUT2D eigenvalue weighted by Crippen LogP contribution is -3.11. The molecule has 1 N–H and O–H groups in total. The summed E-state index contributed by atoms with van der Waals surface area (Å²) in [5, 5.41) is 0. The fourth-order valence-electron chi connectivity index (χ4n) is 2.46. The van der Waals surface area contributed by atoms with Crippen LogP contribution in [0.4, 0.5) is 0 Å². The van der Waals surface area contributed by atoms with Crippen LogP contribution in [-0.2, 0) is 9.53 Å². The van der Waals surface area contributed by atoms with Crippen LogP contribution in [0.5, 0.6) is 5.75 Å². The largest absolute Gasteiger partial charge is 0.482 e. The Kier molecular flexibility index (Phi) is 5.86. The number of halogens is 1. The van der Waals surface area contributed by atoms with E-state index in [9.17, 15) is 4.79 Å². The average Bonchev–Trinajstić information content (AvgIpc) is 2.90. The molecule has 4 nitrogen and oxygen atoms in total. The molecule has 0 saturated carbocycles. The number of esters is 1. The molecule has 1 aromatic rings. The summed E-state index contributed by atoms with van der Waals surface area (Å²) in [6, 6.07) is 7.38. The summed E-state index contributed by atoms with van der Waals surface area (Å²) < 4.78 is 11.7. The zero-order valence-electron chi connectivity index (χ0n) is 11.7. The van der Waals surface area contributed by atoms with Crippen LogP contribution in [0, 0.1) is 0 Å². The average molecular weight is 343 g/mol. The number of nitrogens with one attached hydrogen (secondary N) is 1. The van der Waals surface area contributed by atoms with Gasteiger partial charge in [0.25, 0.3) is 0 Å². The summed E-state index contributed by atoms with van der Waals surface area (Å²) in [6.07, 6.45) is 2.51. The molecule has 1 fully saturated rings. The fourth-order valence-corrected chi connectivity index (χ4v) is 2.72. The molecule has 1 heterocycles. The first-order valence-corrected chi connectivity index (χ1v) is 7.84. The number of benzene rings is 1. The minimum absolute atomic E-state index is 0.0404. The SMILES string of the molecule is CC(C[NH+]1CCCC1)OC(=O)COc1ccc(Br)cc1. The van der Waals surface area contributed by atoms with Crippen molar-refractivity contribution < 1.29 is 19.2 Å². The third-order valence-corrected chi connectivity index (χ3v) is 3.92. The Morgan fingerprint density at radius 2 is 1.95 bits per heavy atom. The molecule has 1 unspecified atom stereocenters. The zero-order chi connectivity index (χ0) is 14.4. The van der Waals surface area contributed by atoms with Crippen LogP contribution in [0.15, 0.2) is 28.7 Å². The summed E-state index contributed by atoms with van der Waals surface area (Å²) >= 11 is 3.35. The van der Waals surface area contributed by atoms with E-state index >= 15 is 0 Å². The number of hydrogen-bond donors (Lipinski definition) is 1. The maximum Gasteiger partial charge on any atom is 0.344 e. The molecule has 0 spiro atoms. The number of hydrogen-bond acceptors (Lipinski definition) is 3. The minimum Gasteiger partial charge on any atom is -0.482 e. The Hall–Kier alpha value is -1.07. The maximum atomic E-state index is 11.7. The fraction of sp³-hybridized carbons (Fsp3) is 0.533. The molecule has 0 aliphatic carbocycles. The first kappa shape index (κ1) is 15.3. The zero-order valence-corrected chi connectivity index (χ0v) is 13.3. The topological polar surface area (TPSA) is 40.0 Å². The normalized spacial score (nSPS) is 16.9. The second-order valence-corrected chi connectivity index (χ2v) is 6.12. The molecule has 0 radical (unpaired) electrons. The van der Waals surface area contributed by atoms with Gasteiger partial charge in [-0.1, -0.05) is 15.9 Å². The molecule has 1 aromatic carbocycles. The highest BCUT2D eigenvalue weighted by Crippen LogP contribution is 2.15. The Morgan fingerprint density at radius 1 is 1.30 bits per heavy atom. The molecule has 1 atom stereocenters. The van der Waals surface area contributed by atoms with E-state index < -0.39 is 0 Å². The molecule has 110 valence electrons. The Bertz CT molecular complexity index is 429. The Labute approximate surface area is 128 Å². The van der Waals surface area contributed by atoms with E-state index in [1.165, 1.54) is 30.8 Å². The standard InChI is InChI=1S/C15H20BrNO3/c1-12(10-17-8-2-3-9-17)20-15(18)11-19-14-6-4-13(16)5-7-14/h4-7,12H,2-3,8-11H2,1H3/p+1. The predicted molar refractivity (Wildman–Crippen MR) is 80.0 cm³/mol. The number of quaternary nitrogens is 1. The van der Waals surface area contributed by atoms with Gasteiger partial charge >= 0.3 is 5.97 Å². The minimum atomic E-state index is -0.306. The number of ether oxygens (including phenoxy) is 2. The smallest absolute Gasteiger partial charge is 0.344 e. The van der Waals surface area contributed by atoms with Gasteiger partial charge in [0, 0.05) is 17.3 Å². The summed E-state index contributed by atoms with van der Waals surface area (Å²) in [6.45, 7) is 5.18. The van der Waals surface area contributed by atoms with Gasteiger partial charge in [-0.05, 0) is 31.2 Å². The second kappa shape index (κ2) is 7.64. The van der Waals surface area contributed by atoms with E-state index in [0.717, 1.165) is 11.0 Å². The van der Waals surface area contributed by atoms with E-state index in [4.69, 9.17) is 9.47 Å². The van der Waals surface area contributed by atoms with Crippen molar-refractivity contribution in [1.82, 2.24) is 0 Å². The summed E-state index contributed by atoms with van der Waals surface area (Å²) in [5.74, 6) is 0.363. The van der Waals surface area contributed by atoms with Crippen LogP contribution in [0.25, 0.3) is 0 Å². The van der Waals surface area contributed by atoms with Crippen molar-refractivity contribution in [1.29, 1.82) is 0 Å². The highest BCUT2D eigenvalue weighted by Gasteiger charge is 2.20. The molecule has 1 aliphatic rings. The highest BCUT2D eigenvalue weighted by atomic mass is 79.9. The molecule has 2 rings (SSSR count). The van der Waals surface area contributed by atoms with Crippen molar-refractivity contribution in [3.63, 3.8) is 0 Å². The van der Waals surface area contributed by atoms with E-state index in [1.807, 2.05) is 31.2 Å². The second-order valence-electron chi connectivity index (χ2n) is 5.20. The van der Waals surface area contributed by atoms with E-state index in [-0.39, 0.29) is 18.7 Å². The van der Waals surface area contributed by atoms with E-state index in [0.29, 0.717) is 5.75 Å². The third-order valence-electron chi connectivity index (χ3n) is 3.39. The highest BCUT2D eigenvalue weighted by molar-refractivity contribution is 9.10. The van der Waals surface area contributed by atoms with Gasteiger partial charge in [0.05, 0.1) is 13.1 Å². The van der Waals surface area contributed by atoms with Crippen molar-refractivity contribution in [2.24, 2.45) is 0 Å². The lowest BCUT2D eigenvalue weighted by Gasteiger charge is -2.18. The van der Waals surface area contributed by atoms with Crippen molar-refractivity contribution in [3.8, 4) is 5.75 Å². The van der Waals surface area contributed by atoms with Crippen molar-refractivity contribution in [3.05, 3.63) is 28.7 Å². The van der Waals surface area contributed by atoms with Gasteiger partial charge in [0.1, 0.15) is 18.4 Å². The molecule has 0 bridgehead atoms. The van der Waals surface area contributed by atoms with Crippen molar-refractivity contribution in [2.75, 3.05) is 26.2 Å². The molecule has 0 amide bonds. The molecular weight excluding hydrogens is 322 g/mol. The van der Waals surface area contributed by atoms with E-state index in [2.05, 4.69) is 15.9 Å². The van der Waals surface area contributed by atoms with Gasteiger partial charge < -0.3 is 14.4 Å². The first-order valence-electron chi connectivity index (χ1n) is 7.05. The van der Waals surface area contributed by atoms with Crippen molar-refractivity contribution >= 4 is 21.9 Å². The molecule has 5 heteroatoms. The summed E-state index contributed by atoms with van der Waals surface area (Å²) in [5.41, 5.74) is 0. The molecule has 20 heavy (non-hydrogen) atoms. The van der Waals surface area contributed by atoms with Gasteiger partial charge in [-0.15, -0.1) is 0 Å². The lowest BCUT2D eigenvalue weighted by atomic mass is 10.3. The number of likely N-dealkylation sites (tertiary alicyclic amines) is 1. The van der Waals surface area contributed by atoms with Crippen LogP contribution in [0.2, 0.25) is 0 Å². The van der Waals surface area contributed by atoms with Crippen LogP contribution in [-0.4, -0.2) is 38.3 Å². The monoisotopic (exact) mass is 342 g/mol.